The predicted molar refractivity (Wildman–Crippen MR) is 73.4 cm³/mol. The minimum absolute atomic E-state index is 0.0474. The van der Waals surface area contributed by atoms with Crippen molar-refractivity contribution in [1.82, 2.24) is 14.5 Å². The van der Waals surface area contributed by atoms with E-state index in [4.69, 9.17) is 0 Å². The molecule has 0 aliphatic rings. The number of hydrogen-bond acceptors (Lipinski definition) is 3. The zero-order valence-electron chi connectivity index (χ0n) is 11.8. The summed E-state index contributed by atoms with van der Waals surface area (Å²) in [4.78, 5) is -0.0474. The third kappa shape index (κ3) is 3.66. The second kappa shape index (κ2) is 5.73. The van der Waals surface area contributed by atoms with Gasteiger partial charge in [0.25, 0.3) is 0 Å². The van der Waals surface area contributed by atoms with Crippen LogP contribution in [0.5, 0.6) is 0 Å². The standard InChI is InChI=1S/C13H14F3N3O2S/c1-9(10-4-3-5-11(6-10)13(14,15)16)18-22(20,21)12-7-17-19(2)8-12/h3-9,18H,1-2H3/t9-/m0/s1. The van der Waals surface area contributed by atoms with Gasteiger partial charge in [0.1, 0.15) is 4.90 Å². The molecular formula is C13H14F3N3O2S. The van der Waals surface area contributed by atoms with Crippen molar-refractivity contribution in [3.63, 3.8) is 0 Å². The first-order valence-electron chi connectivity index (χ1n) is 6.28. The van der Waals surface area contributed by atoms with Gasteiger partial charge in [0.05, 0.1) is 11.8 Å². The average Bonchev–Trinajstić information content (AvgIpc) is 2.85. The maximum atomic E-state index is 12.7. The van der Waals surface area contributed by atoms with Crippen LogP contribution in [0.1, 0.15) is 24.1 Å². The first-order valence-corrected chi connectivity index (χ1v) is 7.76. The highest BCUT2D eigenvalue weighted by atomic mass is 32.2. The molecule has 22 heavy (non-hydrogen) atoms. The number of alkyl halides is 3. The van der Waals surface area contributed by atoms with Crippen molar-refractivity contribution in [2.24, 2.45) is 7.05 Å². The molecule has 0 bridgehead atoms. The number of sulfonamides is 1. The Balaban J connectivity index is 2.24. The molecule has 0 radical (unpaired) electrons. The van der Waals surface area contributed by atoms with E-state index in [-0.39, 0.29) is 10.5 Å². The quantitative estimate of drug-likeness (QED) is 0.935. The first kappa shape index (κ1) is 16.5. The smallest absolute Gasteiger partial charge is 0.274 e. The van der Waals surface area contributed by atoms with Gasteiger partial charge in [0.2, 0.25) is 10.0 Å². The molecule has 0 unspecified atom stereocenters. The maximum absolute atomic E-state index is 12.7. The molecule has 1 aromatic heterocycles. The molecule has 0 saturated carbocycles. The van der Waals surface area contributed by atoms with Crippen LogP contribution in [0.25, 0.3) is 0 Å². The summed E-state index contributed by atoms with van der Waals surface area (Å²) in [5, 5.41) is 3.76. The Labute approximate surface area is 125 Å². The van der Waals surface area contributed by atoms with Crippen LogP contribution in [-0.2, 0) is 23.2 Å². The fourth-order valence-electron chi connectivity index (χ4n) is 1.89. The Hall–Kier alpha value is -1.87. The van der Waals surface area contributed by atoms with Crippen molar-refractivity contribution < 1.29 is 21.6 Å². The molecule has 1 aromatic carbocycles. The van der Waals surface area contributed by atoms with Gasteiger partial charge < -0.3 is 0 Å². The number of benzene rings is 1. The van der Waals surface area contributed by atoms with E-state index >= 15 is 0 Å². The van der Waals surface area contributed by atoms with E-state index in [0.717, 1.165) is 12.1 Å². The fraction of sp³-hybridized carbons (Fsp3) is 0.308. The van der Waals surface area contributed by atoms with E-state index in [2.05, 4.69) is 9.82 Å². The van der Waals surface area contributed by atoms with E-state index in [1.165, 1.54) is 36.1 Å². The van der Waals surface area contributed by atoms with Gasteiger partial charge in [0, 0.05) is 19.3 Å². The molecule has 0 amide bonds. The van der Waals surface area contributed by atoms with Crippen LogP contribution in [-0.4, -0.2) is 18.2 Å². The van der Waals surface area contributed by atoms with Gasteiger partial charge in [-0.2, -0.15) is 18.3 Å². The number of hydrogen-bond donors (Lipinski definition) is 1. The molecule has 2 rings (SSSR count). The van der Waals surface area contributed by atoms with Gasteiger partial charge in [-0.15, -0.1) is 0 Å². The maximum Gasteiger partial charge on any atom is 0.416 e. The predicted octanol–water partition coefficient (Wildman–Crippen LogP) is 2.48. The molecule has 0 fully saturated rings. The Morgan fingerprint density at radius 2 is 2.00 bits per heavy atom. The Morgan fingerprint density at radius 1 is 1.32 bits per heavy atom. The topological polar surface area (TPSA) is 64.0 Å². The second-order valence-corrected chi connectivity index (χ2v) is 6.53. The molecule has 1 heterocycles. The lowest BCUT2D eigenvalue weighted by molar-refractivity contribution is -0.137. The summed E-state index contributed by atoms with van der Waals surface area (Å²) in [5.74, 6) is 0. The van der Waals surface area contributed by atoms with Crippen molar-refractivity contribution >= 4 is 10.0 Å². The van der Waals surface area contributed by atoms with Crippen LogP contribution in [0.3, 0.4) is 0 Å². The third-order valence-corrected chi connectivity index (χ3v) is 4.53. The van der Waals surface area contributed by atoms with Gasteiger partial charge in [-0.05, 0) is 24.6 Å². The van der Waals surface area contributed by atoms with Crippen molar-refractivity contribution in [3.8, 4) is 0 Å². The van der Waals surface area contributed by atoms with Gasteiger partial charge in [-0.1, -0.05) is 12.1 Å². The molecule has 1 N–H and O–H groups in total. The minimum Gasteiger partial charge on any atom is -0.274 e. The Bertz CT molecular complexity index is 769. The second-order valence-electron chi connectivity index (χ2n) is 4.82. The van der Waals surface area contributed by atoms with E-state index in [0.29, 0.717) is 0 Å². The lowest BCUT2D eigenvalue weighted by atomic mass is 10.1. The summed E-state index contributed by atoms with van der Waals surface area (Å²) in [6.45, 7) is 1.48. The van der Waals surface area contributed by atoms with Crippen LogP contribution in [0, 0.1) is 0 Å². The molecule has 5 nitrogen and oxygen atoms in total. The zero-order chi connectivity index (χ0) is 16.5. The van der Waals surface area contributed by atoms with Crippen molar-refractivity contribution in [3.05, 3.63) is 47.8 Å². The summed E-state index contributed by atoms with van der Waals surface area (Å²) in [7, 11) is -2.29. The normalized spacial score (nSPS) is 14.0. The SMILES string of the molecule is C[C@H](NS(=O)(=O)c1cnn(C)c1)c1cccc(C(F)(F)F)c1. The Kier molecular flexibility index (Phi) is 4.30. The monoisotopic (exact) mass is 333 g/mol. The van der Waals surface area contributed by atoms with Gasteiger partial charge in [0.15, 0.2) is 0 Å². The van der Waals surface area contributed by atoms with Crippen molar-refractivity contribution in [2.45, 2.75) is 24.0 Å². The summed E-state index contributed by atoms with van der Waals surface area (Å²) in [6, 6.07) is 3.73. The zero-order valence-corrected chi connectivity index (χ0v) is 12.6. The molecule has 0 spiro atoms. The number of aryl methyl sites for hydroxylation is 1. The minimum atomic E-state index is -4.47. The lowest BCUT2D eigenvalue weighted by Crippen LogP contribution is -2.26. The molecule has 0 aliphatic carbocycles. The molecule has 2 aromatic rings. The van der Waals surface area contributed by atoms with Crippen LogP contribution in [0.4, 0.5) is 13.2 Å². The van der Waals surface area contributed by atoms with E-state index in [9.17, 15) is 21.6 Å². The number of aromatic nitrogens is 2. The van der Waals surface area contributed by atoms with Crippen molar-refractivity contribution in [1.29, 1.82) is 0 Å². The third-order valence-electron chi connectivity index (χ3n) is 3.04. The molecule has 0 saturated heterocycles. The van der Waals surface area contributed by atoms with E-state index in [1.54, 1.807) is 7.05 Å². The van der Waals surface area contributed by atoms with Crippen LogP contribution in [0.2, 0.25) is 0 Å². The molecular weight excluding hydrogens is 319 g/mol. The molecule has 1 atom stereocenters. The van der Waals surface area contributed by atoms with Gasteiger partial charge in [-0.25, -0.2) is 13.1 Å². The summed E-state index contributed by atoms with van der Waals surface area (Å²) in [6.07, 6.45) is -2.00. The number of halogens is 3. The number of rotatable bonds is 4. The van der Waals surface area contributed by atoms with Gasteiger partial charge in [-0.3, -0.25) is 4.68 Å². The number of nitrogens with zero attached hydrogens (tertiary/aromatic N) is 2. The largest absolute Gasteiger partial charge is 0.416 e. The van der Waals surface area contributed by atoms with E-state index < -0.39 is 27.8 Å². The Morgan fingerprint density at radius 3 is 2.55 bits per heavy atom. The van der Waals surface area contributed by atoms with Gasteiger partial charge >= 0.3 is 6.18 Å². The highest BCUT2D eigenvalue weighted by Gasteiger charge is 2.31. The molecule has 9 heteroatoms. The van der Waals surface area contributed by atoms with Crippen LogP contribution < -0.4 is 4.72 Å². The summed E-state index contributed by atoms with van der Waals surface area (Å²) >= 11 is 0. The summed E-state index contributed by atoms with van der Waals surface area (Å²) in [5.41, 5.74) is -0.597. The molecule has 0 aliphatic heterocycles. The summed E-state index contributed by atoms with van der Waals surface area (Å²) < 4.78 is 66.0. The highest BCUT2D eigenvalue weighted by Crippen LogP contribution is 2.31. The highest BCUT2D eigenvalue weighted by molar-refractivity contribution is 7.89. The fourth-order valence-corrected chi connectivity index (χ4v) is 3.11. The van der Waals surface area contributed by atoms with E-state index in [1.807, 2.05) is 0 Å². The first-order chi connectivity index (χ1) is 10.1. The number of nitrogens with one attached hydrogen (secondary N) is 1. The average molecular weight is 333 g/mol. The lowest BCUT2D eigenvalue weighted by Gasteiger charge is -2.15. The molecule has 120 valence electrons. The van der Waals surface area contributed by atoms with Crippen molar-refractivity contribution in [2.75, 3.05) is 0 Å². The van der Waals surface area contributed by atoms with Crippen LogP contribution >= 0.6 is 0 Å². The van der Waals surface area contributed by atoms with Crippen LogP contribution in [0.15, 0.2) is 41.6 Å².